The van der Waals surface area contributed by atoms with Crippen LogP contribution in [0, 0.1) is 0 Å². The number of benzene rings is 1. The van der Waals surface area contributed by atoms with Crippen LogP contribution in [-0.2, 0) is 16.0 Å². The lowest BCUT2D eigenvalue weighted by atomic mass is 10.2. The highest BCUT2D eigenvalue weighted by Crippen LogP contribution is 2.19. The summed E-state index contributed by atoms with van der Waals surface area (Å²) in [6, 6.07) is 8.97. The molecular weight excluding hydrogens is 296 g/mol. The van der Waals surface area contributed by atoms with Gasteiger partial charge in [-0.2, -0.15) is 0 Å². The van der Waals surface area contributed by atoms with Gasteiger partial charge in [-0.15, -0.1) is 10.2 Å². The van der Waals surface area contributed by atoms with Crippen molar-refractivity contribution in [2.45, 2.75) is 31.7 Å². The topological polar surface area (TPSA) is 88.3 Å². The molecule has 7 heteroatoms. The van der Waals surface area contributed by atoms with Crippen LogP contribution in [0.5, 0.6) is 0 Å². The third-order valence-corrected chi connectivity index (χ3v) is 4.07. The van der Waals surface area contributed by atoms with E-state index < -0.39 is 12.0 Å². The number of aliphatic carboxylic acids is 1. The summed E-state index contributed by atoms with van der Waals surface area (Å²) in [4.78, 5) is 24.9. The minimum Gasteiger partial charge on any atom is -0.480 e. The van der Waals surface area contributed by atoms with Crippen LogP contribution in [0.2, 0.25) is 0 Å². The maximum atomic E-state index is 12.3. The molecule has 1 aliphatic rings. The van der Waals surface area contributed by atoms with E-state index in [0.29, 0.717) is 25.2 Å². The van der Waals surface area contributed by atoms with E-state index in [4.69, 9.17) is 5.11 Å². The molecule has 0 saturated carbocycles. The van der Waals surface area contributed by atoms with Crippen molar-refractivity contribution in [3.05, 3.63) is 42.5 Å². The Morgan fingerprint density at radius 3 is 2.78 bits per heavy atom. The highest BCUT2D eigenvalue weighted by atomic mass is 16.4. The van der Waals surface area contributed by atoms with Crippen LogP contribution in [0.3, 0.4) is 0 Å². The summed E-state index contributed by atoms with van der Waals surface area (Å²) in [5, 5.41) is 17.1. The number of hydrogen-bond acceptors (Lipinski definition) is 4. The zero-order valence-electron chi connectivity index (χ0n) is 12.6. The fourth-order valence-electron chi connectivity index (χ4n) is 2.92. The molecule has 120 valence electrons. The number of aryl methyl sites for hydroxylation is 1. The molecule has 1 aromatic carbocycles. The van der Waals surface area contributed by atoms with Gasteiger partial charge in [0.2, 0.25) is 5.91 Å². The van der Waals surface area contributed by atoms with Crippen molar-refractivity contribution < 1.29 is 14.7 Å². The molecule has 2 aromatic rings. The zero-order valence-corrected chi connectivity index (χ0v) is 12.6. The number of amides is 1. The molecule has 2 heterocycles. The molecule has 0 radical (unpaired) electrons. The number of carbonyl (C=O) groups is 2. The van der Waals surface area contributed by atoms with E-state index in [1.807, 2.05) is 34.9 Å². The van der Waals surface area contributed by atoms with Crippen molar-refractivity contribution in [1.82, 2.24) is 19.7 Å². The van der Waals surface area contributed by atoms with Gasteiger partial charge in [0.05, 0.1) is 0 Å². The van der Waals surface area contributed by atoms with Gasteiger partial charge < -0.3 is 10.0 Å². The Labute approximate surface area is 133 Å². The van der Waals surface area contributed by atoms with E-state index in [-0.39, 0.29) is 12.3 Å². The number of nitrogens with zero attached hydrogens (tertiary/aromatic N) is 4. The van der Waals surface area contributed by atoms with Crippen LogP contribution in [0.4, 0.5) is 0 Å². The predicted octanol–water partition coefficient (Wildman–Crippen LogP) is 1.28. The number of aromatic nitrogens is 3. The van der Waals surface area contributed by atoms with E-state index in [0.717, 1.165) is 12.1 Å². The van der Waals surface area contributed by atoms with Crippen molar-refractivity contribution in [2.24, 2.45) is 0 Å². The number of hydrogen-bond donors (Lipinski definition) is 1. The van der Waals surface area contributed by atoms with Crippen molar-refractivity contribution in [1.29, 1.82) is 0 Å². The Kier molecular flexibility index (Phi) is 4.36. The maximum absolute atomic E-state index is 12.3. The van der Waals surface area contributed by atoms with Crippen LogP contribution in [0.1, 0.15) is 25.1 Å². The average Bonchev–Trinajstić information content (AvgIpc) is 3.22. The Bertz CT molecular complexity index is 698. The Morgan fingerprint density at radius 2 is 2.04 bits per heavy atom. The normalized spacial score (nSPS) is 17.4. The lowest BCUT2D eigenvalue weighted by Crippen LogP contribution is -2.40. The monoisotopic (exact) mass is 314 g/mol. The van der Waals surface area contributed by atoms with Crippen molar-refractivity contribution in [3.63, 3.8) is 0 Å². The second-order valence-electron chi connectivity index (χ2n) is 5.54. The van der Waals surface area contributed by atoms with Gasteiger partial charge in [0, 0.05) is 25.1 Å². The van der Waals surface area contributed by atoms with Crippen molar-refractivity contribution in [3.8, 4) is 5.69 Å². The lowest BCUT2D eigenvalue weighted by Gasteiger charge is -2.21. The van der Waals surface area contributed by atoms with Gasteiger partial charge in [0.1, 0.15) is 18.2 Å². The van der Waals surface area contributed by atoms with Gasteiger partial charge >= 0.3 is 5.97 Å². The van der Waals surface area contributed by atoms with E-state index in [9.17, 15) is 9.59 Å². The largest absolute Gasteiger partial charge is 0.480 e. The summed E-state index contributed by atoms with van der Waals surface area (Å²) in [5.41, 5.74) is 0.935. The van der Waals surface area contributed by atoms with E-state index in [2.05, 4.69) is 10.2 Å². The van der Waals surface area contributed by atoms with Gasteiger partial charge in [0.25, 0.3) is 0 Å². The summed E-state index contributed by atoms with van der Waals surface area (Å²) in [6.45, 7) is 0.515. The number of carboxylic acid groups (broad SMARTS) is 1. The van der Waals surface area contributed by atoms with E-state index in [1.54, 1.807) is 6.33 Å². The molecule has 3 rings (SSSR count). The van der Waals surface area contributed by atoms with Crippen molar-refractivity contribution >= 4 is 11.9 Å². The van der Waals surface area contributed by atoms with E-state index in [1.165, 1.54) is 4.90 Å². The smallest absolute Gasteiger partial charge is 0.326 e. The highest BCUT2D eigenvalue weighted by molar-refractivity contribution is 5.84. The molecule has 7 nitrogen and oxygen atoms in total. The lowest BCUT2D eigenvalue weighted by molar-refractivity contribution is -0.148. The number of carboxylic acids is 1. The van der Waals surface area contributed by atoms with Gasteiger partial charge in [-0.25, -0.2) is 4.79 Å². The standard InChI is InChI=1S/C16H18N4O3/c21-15(19-10-4-7-13(19)16(22)23)9-8-14-18-17-11-20(14)12-5-2-1-3-6-12/h1-3,5-6,11,13H,4,7-10H2,(H,22,23). The fourth-order valence-corrected chi connectivity index (χ4v) is 2.92. The van der Waals surface area contributed by atoms with Crippen LogP contribution in [0.25, 0.3) is 5.69 Å². The molecule has 0 aliphatic carbocycles. The summed E-state index contributed by atoms with van der Waals surface area (Å²) < 4.78 is 1.84. The Balaban J connectivity index is 1.66. The second-order valence-corrected chi connectivity index (χ2v) is 5.54. The third-order valence-electron chi connectivity index (χ3n) is 4.07. The number of para-hydroxylation sites is 1. The molecule has 1 amide bonds. The van der Waals surface area contributed by atoms with Gasteiger partial charge in [-0.1, -0.05) is 18.2 Å². The van der Waals surface area contributed by atoms with Crippen LogP contribution in [-0.4, -0.2) is 49.2 Å². The van der Waals surface area contributed by atoms with Crippen LogP contribution < -0.4 is 0 Å². The molecule has 0 spiro atoms. The SMILES string of the molecule is O=C(O)C1CCCN1C(=O)CCc1nncn1-c1ccccc1. The average molecular weight is 314 g/mol. The van der Waals surface area contributed by atoms with Crippen LogP contribution >= 0.6 is 0 Å². The first-order chi connectivity index (χ1) is 11.2. The first kappa shape index (κ1) is 15.2. The van der Waals surface area contributed by atoms with Gasteiger partial charge in [0.15, 0.2) is 0 Å². The second kappa shape index (κ2) is 6.60. The molecule has 23 heavy (non-hydrogen) atoms. The number of rotatable bonds is 5. The predicted molar refractivity (Wildman–Crippen MR) is 82.1 cm³/mol. The Hall–Kier alpha value is -2.70. The molecule has 0 bridgehead atoms. The first-order valence-electron chi connectivity index (χ1n) is 7.63. The summed E-state index contributed by atoms with van der Waals surface area (Å²) in [6.07, 6.45) is 3.54. The highest BCUT2D eigenvalue weighted by Gasteiger charge is 2.33. The summed E-state index contributed by atoms with van der Waals surface area (Å²) in [7, 11) is 0. The minimum absolute atomic E-state index is 0.141. The Morgan fingerprint density at radius 1 is 1.26 bits per heavy atom. The molecule has 1 unspecified atom stereocenters. The molecular formula is C16H18N4O3. The van der Waals surface area contributed by atoms with Crippen molar-refractivity contribution in [2.75, 3.05) is 6.54 Å². The quantitative estimate of drug-likeness (QED) is 0.898. The fraction of sp³-hybridized carbons (Fsp3) is 0.375. The number of likely N-dealkylation sites (tertiary alicyclic amines) is 1. The summed E-state index contributed by atoms with van der Waals surface area (Å²) in [5.74, 6) is -0.378. The molecule has 1 fully saturated rings. The minimum atomic E-state index is -0.927. The summed E-state index contributed by atoms with van der Waals surface area (Å²) >= 11 is 0. The first-order valence-corrected chi connectivity index (χ1v) is 7.63. The van der Waals surface area contributed by atoms with Gasteiger partial charge in [-0.3, -0.25) is 9.36 Å². The van der Waals surface area contributed by atoms with Crippen LogP contribution in [0.15, 0.2) is 36.7 Å². The number of carbonyl (C=O) groups excluding carboxylic acids is 1. The zero-order chi connectivity index (χ0) is 16.2. The molecule has 1 N–H and O–H groups in total. The molecule has 1 aliphatic heterocycles. The maximum Gasteiger partial charge on any atom is 0.326 e. The van der Waals surface area contributed by atoms with Gasteiger partial charge in [-0.05, 0) is 25.0 Å². The molecule has 1 aromatic heterocycles. The molecule has 1 atom stereocenters. The molecule has 1 saturated heterocycles. The van der Waals surface area contributed by atoms with E-state index >= 15 is 0 Å². The third kappa shape index (κ3) is 3.23.